The molecule has 0 radical (unpaired) electrons. The zero-order valence-corrected chi connectivity index (χ0v) is 11.7. The number of nitrogens with zero attached hydrogens (tertiary/aromatic N) is 2. The van der Waals surface area contributed by atoms with E-state index in [0.717, 1.165) is 42.1 Å². The normalized spacial score (nSPS) is 27.8. The molecule has 2 aliphatic rings. The Morgan fingerprint density at radius 1 is 1.39 bits per heavy atom. The number of hydrogen-bond donors (Lipinski definition) is 1. The second-order valence-electron chi connectivity index (χ2n) is 5.40. The van der Waals surface area contributed by atoms with E-state index < -0.39 is 0 Å². The van der Waals surface area contributed by atoms with Crippen LogP contribution in [0.2, 0.25) is 0 Å². The third-order valence-corrected chi connectivity index (χ3v) is 4.90. The highest BCUT2D eigenvalue weighted by molar-refractivity contribution is 7.99. The summed E-state index contributed by atoms with van der Waals surface area (Å²) in [5.41, 5.74) is 0. The first-order valence-corrected chi connectivity index (χ1v) is 8.16. The monoisotopic (exact) mass is 267 g/mol. The van der Waals surface area contributed by atoms with Crippen molar-refractivity contribution < 1.29 is 4.52 Å². The van der Waals surface area contributed by atoms with Crippen molar-refractivity contribution in [2.24, 2.45) is 5.92 Å². The second-order valence-corrected chi connectivity index (χ2v) is 6.48. The standard InChI is InChI=1S/C13H21N3OS/c1-2-5-14-11-8-18-7-10(11)13-15-12(16-17-13)6-9-3-4-9/h9-11,14H,2-8H2,1H3. The van der Waals surface area contributed by atoms with Crippen molar-refractivity contribution in [1.82, 2.24) is 15.5 Å². The molecule has 1 aromatic heterocycles. The van der Waals surface area contributed by atoms with Gasteiger partial charge in [-0.3, -0.25) is 0 Å². The lowest BCUT2D eigenvalue weighted by Gasteiger charge is -2.16. The molecule has 100 valence electrons. The molecular weight excluding hydrogens is 246 g/mol. The van der Waals surface area contributed by atoms with Crippen LogP contribution in [0.4, 0.5) is 0 Å². The van der Waals surface area contributed by atoms with Crippen molar-refractivity contribution in [3.63, 3.8) is 0 Å². The summed E-state index contributed by atoms with van der Waals surface area (Å²) in [6, 6.07) is 0.504. The van der Waals surface area contributed by atoms with Crippen LogP contribution in [0.25, 0.3) is 0 Å². The number of nitrogens with one attached hydrogen (secondary N) is 1. The molecule has 0 bridgehead atoms. The Labute approximate surface area is 112 Å². The van der Waals surface area contributed by atoms with Gasteiger partial charge in [0.15, 0.2) is 5.82 Å². The molecule has 18 heavy (non-hydrogen) atoms. The molecule has 2 unspecified atom stereocenters. The van der Waals surface area contributed by atoms with E-state index in [1.807, 2.05) is 11.8 Å². The minimum atomic E-state index is 0.405. The fourth-order valence-corrected chi connectivity index (χ4v) is 3.78. The summed E-state index contributed by atoms with van der Waals surface area (Å²) >= 11 is 1.98. The largest absolute Gasteiger partial charge is 0.339 e. The lowest BCUT2D eigenvalue weighted by atomic mass is 10.0. The zero-order valence-electron chi connectivity index (χ0n) is 10.9. The van der Waals surface area contributed by atoms with E-state index in [9.17, 15) is 0 Å². The minimum absolute atomic E-state index is 0.405. The van der Waals surface area contributed by atoms with Crippen LogP contribution in [0.5, 0.6) is 0 Å². The molecule has 2 fully saturated rings. The van der Waals surface area contributed by atoms with Gasteiger partial charge in [-0.25, -0.2) is 0 Å². The van der Waals surface area contributed by atoms with Crippen molar-refractivity contribution in [3.8, 4) is 0 Å². The third-order valence-electron chi connectivity index (χ3n) is 3.71. The average Bonchev–Trinajstić information content (AvgIpc) is 2.90. The fourth-order valence-electron chi connectivity index (χ4n) is 2.41. The van der Waals surface area contributed by atoms with Crippen LogP contribution in [-0.4, -0.2) is 34.2 Å². The molecule has 2 atom stereocenters. The van der Waals surface area contributed by atoms with Gasteiger partial charge in [-0.2, -0.15) is 16.7 Å². The summed E-state index contributed by atoms with van der Waals surface area (Å²) in [5, 5.41) is 7.73. The lowest BCUT2D eigenvalue weighted by Crippen LogP contribution is -2.34. The van der Waals surface area contributed by atoms with Gasteiger partial charge in [-0.1, -0.05) is 12.1 Å². The van der Waals surface area contributed by atoms with Crippen molar-refractivity contribution >= 4 is 11.8 Å². The molecule has 1 saturated heterocycles. The molecule has 1 saturated carbocycles. The maximum atomic E-state index is 5.47. The number of hydrogen-bond acceptors (Lipinski definition) is 5. The van der Waals surface area contributed by atoms with Crippen LogP contribution < -0.4 is 5.32 Å². The maximum absolute atomic E-state index is 5.47. The first kappa shape index (κ1) is 12.5. The molecule has 3 rings (SSSR count). The summed E-state index contributed by atoms with van der Waals surface area (Å²) in [7, 11) is 0. The van der Waals surface area contributed by atoms with E-state index in [2.05, 4.69) is 22.4 Å². The van der Waals surface area contributed by atoms with Crippen molar-refractivity contribution in [1.29, 1.82) is 0 Å². The summed E-state index contributed by atoms with van der Waals surface area (Å²) in [4.78, 5) is 4.60. The van der Waals surface area contributed by atoms with Gasteiger partial charge in [0.25, 0.3) is 0 Å². The molecule has 1 aromatic rings. The summed E-state index contributed by atoms with van der Waals surface area (Å²) < 4.78 is 5.47. The van der Waals surface area contributed by atoms with Gasteiger partial charge in [-0.05, 0) is 31.7 Å². The Hall–Kier alpha value is -0.550. The predicted molar refractivity (Wildman–Crippen MR) is 72.9 cm³/mol. The highest BCUT2D eigenvalue weighted by Crippen LogP contribution is 2.34. The molecule has 4 nitrogen and oxygen atoms in total. The predicted octanol–water partition coefficient (Wildman–Crippen LogP) is 2.22. The highest BCUT2D eigenvalue weighted by Gasteiger charge is 2.33. The summed E-state index contributed by atoms with van der Waals surface area (Å²) in [5.74, 6) is 5.25. The van der Waals surface area contributed by atoms with Crippen LogP contribution in [0, 0.1) is 5.92 Å². The van der Waals surface area contributed by atoms with E-state index in [4.69, 9.17) is 4.52 Å². The van der Waals surface area contributed by atoms with Gasteiger partial charge in [0.2, 0.25) is 5.89 Å². The van der Waals surface area contributed by atoms with E-state index in [1.165, 1.54) is 19.3 Å². The molecule has 1 aliphatic carbocycles. The van der Waals surface area contributed by atoms with Crippen LogP contribution in [0.1, 0.15) is 43.8 Å². The Morgan fingerprint density at radius 3 is 3.06 bits per heavy atom. The number of rotatable bonds is 6. The van der Waals surface area contributed by atoms with Gasteiger partial charge < -0.3 is 9.84 Å². The zero-order chi connectivity index (χ0) is 12.4. The molecular formula is C13H21N3OS. The van der Waals surface area contributed by atoms with Crippen LogP contribution in [0.15, 0.2) is 4.52 Å². The molecule has 1 N–H and O–H groups in total. The highest BCUT2D eigenvalue weighted by atomic mass is 32.2. The minimum Gasteiger partial charge on any atom is -0.339 e. The third kappa shape index (κ3) is 2.88. The SMILES string of the molecule is CCCNC1CSCC1c1nc(CC2CC2)no1. The molecule has 0 aromatic carbocycles. The number of thioether (sulfide) groups is 1. The molecule has 0 spiro atoms. The molecule has 5 heteroatoms. The lowest BCUT2D eigenvalue weighted by molar-refractivity contribution is 0.335. The quantitative estimate of drug-likeness (QED) is 0.856. The van der Waals surface area contributed by atoms with Crippen molar-refractivity contribution in [2.45, 2.75) is 44.6 Å². The molecule has 1 aliphatic heterocycles. The van der Waals surface area contributed by atoms with E-state index in [1.54, 1.807) is 0 Å². The van der Waals surface area contributed by atoms with E-state index in [0.29, 0.717) is 12.0 Å². The Balaban J connectivity index is 1.62. The average molecular weight is 267 g/mol. The molecule has 2 heterocycles. The van der Waals surface area contributed by atoms with E-state index in [-0.39, 0.29) is 0 Å². The summed E-state index contributed by atoms with van der Waals surface area (Å²) in [6.07, 6.45) is 4.86. The van der Waals surface area contributed by atoms with Gasteiger partial charge >= 0.3 is 0 Å². The Bertz CT molecular complexity index is 391. The van der Waals surface area contributed by atoms with Gasteiger partial charge in [0.05, 0.1) is 5.92 Å². The van der Waals surface area contributed by atoms with E-state index >= 15 is 0 Å². The smallest absolute Gasteiger partial charge is 0.232 e. The van der Waals surface area contributed by atoms with Crippen LogP contribution in [-0.2, 0) is 6.42 Å². The second kappa shape index (κ2) is 5.61. The molecule has 0 amide bonds. The fraction of sp³-hybridized carbons (Fsp3) is 0.846. The number of aromatic nitrogens is 2. The summed E-state index contributed by atoms with van der Waals surface area (Å²) in [6.45, 7) is 3.27. The van der Waals surface area contributed by atoms with Crippen molar-refractivity contribution in [3.05, 3.63) is 11.7 Å². The topological polar surface area (TPSA) is 51.0 Å². The van der Waals surface area contributed by atoms with Crippen LogP contribution >= 0.6 is 11.8 Å². The first-order chi connectivity index (χ1) is 8.86. The van der Waals surface area contributed by atoms with Gasteiger partial charge in [0.1, 0.15) is 0 Å². The van der Waals surface area contributed by atoms with Gasteiger partial charge in [-0.15, -0.1) is 0 Å². The maximum Gasteiger partial charge on any atom is 0.232 e. The Morgan fingerprint density at radius 2 is 2.28 bits per heavy atom. The first-order valence-electron chi connectivity index (χ1n) is 7.00. The van der Waals surface area contributed by atoms with Crippen molar-refractivity contribution in [2.75, 3.05) is 18.1 Å². The Kier molecular flexibility index (Phi) is 3.89. The van der Waals surface area contributed by atoms with Crippen LogP contribution in [0.3, 0.4) is 0 Å². The van der Waals surface area contributed by atoms with Gasteiger partial charge in [0, 0.05) is 24.0 Å².